The summed E-state index contributed by atoms with van der Waals surface area (Å²) in [5.74, 6) is -0.480. The average Bonchev–Trinajstić information content (AvgIpc) is 2.25. The highest BCUT2D eigenvalue weighted by Gasteiger charge is 2.35. The van der Waals surface area contributed by atoms with Gasteiger partial charge in [0, 0.05) is 26.0 Å². The van der Waals surface area contributed by atoms with E-state index in [0.29, 0.717) is 16.3 Å². The molecule has 0 spiro atoms. The molecular formula is C11H14ClNO5S. The van der Waals surface area contributed by atoms with Gasteiger partial charge in [0.05, 0.1) is 5.02 Å². The van der Waals surface area contributed by atoms with Crippen LogP contribution in [0.5, 0.6) is 5.75 Å². The minimum atomic E-state index is -4.28. The average molecular weight is 308 g/mol. The first-order valence-electron chi connectivity index (χ1n) is 5.55. The second-order valence-corrected chi connectivity index (χ2v) is 6.24. The molecule has 0 saturated heterocycles. The van der Waals surface area contributed by atoms with Gasteiger partial charge in [0.2, 0.25) is 5.79 Å². The van der Waals surface area contributed by atoms with E-state index < -0.39 is 22.2 Å². The number of para-hydroxylation sites is 1. The molecule has 0 bridgehead atoms. The maximum absolute atomic E-state index is 10.7. The zero-order valence-corrected chi connectivity index (χ0v) is 12.0. The number of rotatable bonds is 3. The zero-order valence-electron chi connectivity index (χ0n) is 10.4. The molecule has 2 N–H and O–H groups in total. The van der Waals surface area contributed by atoms with Crippen LogP contribution < -0.4 is 9.46 Å². The Morgan fingerprint density at radius 3 is 2.79 bits per heavy atom. The highest BCUT2D eigenvalue weighted by Crippen LogP contribution is 2.42. The summed E-state index contributed by atoms with van der Waals surface area (Å²) in [6, 6.07) is 5.12. The van der Waals surface area contributed by atoms with Gasteiger partial charge in [-0.05, 0) is 6.07 Å². The fraction of sp³-hybridized carbons (Fsp3) is 0.455. The van der Waals surface area contributed by atoms with Gasteiger partial charge in [-0.3, -0.25) is 4.55 Å². The molecule has 0 amide bonds. The Balaban J connectivity index is 2.32. The Labute approximate surface area is 116 Å². The largest absolute Gasteiger partial charge is 0.461 e. The van der Waals surface area contributed by atoms with E-state index >= 15 is 0 Å². The van der Waals surface area contributed by atoms with E-state index in [2.05, 4.69) is 0 Å². The van der Waals surface area contributed by atoms with Crippen LogP contribution in [0.15, 0.2) is 18.2 Å². The number of fused-ring (bicyclic) bond motifs is 1. The Bertz CT molecular complexity index is 587. The van der Waals surface area contributed by atoms with Gasteiger partial charge in [-0.15, -0.1) is 0 Å². The predicted molar refractivity (Wildman–Crippen MR) is 69.5 cm³/mol. The first kappa shape index (κ1) is 14.5. The summed E-state index contributed by atoms with van der Waals surface area (Å²) in [4.78, 5) is 0. The maximum atomic E-state index is 10.7. The van der Waals surface area contributed by atoms with Crippen molar-refractivity contribution in [3.8, 4) is 5.75 Å². The molecule has 0 unspecified atom stereocenters. The van der Waals surface area contributed by atoms with Crippen LogP contribution in [0.2, 0.25) is 5.02 Å². The second kappa shape index (κ2) is 4.92. The van der Waals surface area contributed by atoms with Crippen molar-refractivity contribution in [2.45, 2.75) is 25.7 Å². The molecule has 1 atom stereocenters. The molecule has 0 aromatic heterocycles. The van der Waals surface area contributed by atoms with E-state index in [1.165, 1.54) is 0 Å². The highest BCUT2D eigenvalue weighted by atomic mass is 35.5. The first-order chi connectivity index (χ1) is 8.68. The summed E-state index contributed by atoms with van der Waals surface area (Å²) in [5, 5.41) is 0.422. The lowest BCUT2D eigenvalue weighted by atomic mass is 10.1. The topological polar surface area (TPSA) is 84.9 Å². The molecule has 6 nitrogen and oxygen atoms in total. The molecule has 2 rings (SSSR count). The van der Waals surface area contributed by atoms with Gasteiger partial charge in [0.1, 0.15) is 11.9 Å². The van der Waals surface area contributed by atoms with E-state index in [1.54, 1.807) is 32.0 Å². The van der Waals surface area contributed by atoms with Crippen LogP contribution in [0.3, 0.4) is 0 Å². The van der Waals surface area contributed by atoms with E-state index in [-0.39, 0.29) is 6.54 Å². The third-order valence-electron chi connectivity index (χ3n) is 2.57. The molecule has 19 heavy (non-hydrogen) atoms. The molecular weight excluding hydrogens is 294 g/mol. The standard InChI is InChI=1S/C11H14ClNO5S/c1-11(2)17-9(6-13-19(14,15)16)7-4-3-5-8(12)10(7)18-11/h3-5,9,13H,6H2,1-2H3,(H,14,15,16)/t9-/m0/s1. The molecule has 0 fully saturated rings. The van der Waals surface area contributed by atoms with E-state index in [0.717, 1.165) is 0 Å². The fourth-order valence-electron chi connectivity index (χ4n) is 1.90. The monoisotopic (exact) mass is 307 g/mol. The molecule has 8 heteroatoms. The first-order valence-corrected chi connectivity index (χ1v) is 7.37. The summed E-state index contributed by atoms with van der Waals surface area (Å²) >= 11 is 6.06. The molecule has 1 heterocycles. The van der Waals surface area contributed by atoms with E-state index in [9.17, 15) is 8.42 Å². The van der Waals surface area contributed by atoms with Crippen LogP contribution in [-0.2, 0) is 15.0 Å². The van der Waals surface area contributed by atoms with Crippen LogP contribution in [0, 0.1) is 0 Å². The van der Waals surface area contributed by atoms with Gasteiger partial charge in [-0.25, -0.2) is 0 Å². The van der Waals surface area contributed by atoms with Gasteiger partial charge >= 0.3 is 10.3 Å². The molecule has 1 aliphatic rings. The number of hydrogen-bond acceptors (Lipinski definition) is 4. The third kappa shape index (κ3) is 3.58. The minimum Gasteiger partial charge on any atom is -0.461 e. The van der Waals surface area contributed by atoms with Crippen LogP contribution in [0.4, 0.5) is 0 Å². The lowest BCUT2D eigenvalue weighted by Gasteiger charge is -2.38. The molecule has 106 valence electrons. The van der Waals surface area contributed by atoms with Gasteiger partial charge < -0.3 is 9.47 Å². The quantitative estimate of drug-likeness (QED) is 0.833. The van der Waals surface area contributed by atoms with Crippen LogP contribution in [0.25, 0.3) is 0 Å². The normalized spacial score (nSPS) is 21.6. The fourth-order valence-corrected chi connectivity index (χ4v) is 2.48. The van der Waals surface area contributed by atoms with Gasteiger partial charge in [-0.2, -0.15) is 13.1 Å². The Morgan fingerprint density at radius 2 is 2.16 bits per heavy atom. The van der Waals surface area contributed by atoms with E-state index in [1.807, 2.05) is 4.72 Å². The van der Waals surface area contributed by atoms with Crippen LogP contribution in [0.1, 0.15) is 25.5 Å². The Kier molecular flexibility index (Phi) is 3.76. The van der Waals surface area contributed by atoms with Crippen molar-refractivity contribution in [1.82, 2.24) is 4.72 Å². The summed E-state index contributed by atoms with van der Waals surface area (Å²) in [6.45, 7) is 3.28. The summed E-state index contributed by atoms with van der Waals surface area (Å²) < 4.78 is 43.5. The lowest BCUT2D eigenvalue weighted by molar-refractivity contribution is -0.204. The smallest absolute Gasteiger partial charge is 0.333 e. The SMILES string of the molecule is CC1(C)Oc2c(Cl)cccc2[C@H](CNS(=O)(=O)O)O1. The number of halogens is 1. The molecule has 0 aliphatic carbocycles. The van der Waals surface area contributed by atoms with E-state index in [4.69, 9.17) is 25.6 Å². The number of benzene rings is 1. The van der Waals surface area contributed by atoms with Crippen molar-refractivity contribution >= 4 is 21.9 Å². The van der Waals surface area contributed by atoms with Crippen molar-refractivity contribution in [3.05, 3.63) is 28.8 Å². The molecule has 1 aliphatic heterocycles. The van der Waals surface area contributed by atoms with Crippen molar-refractivity contribution in [2.24, 2.45) is 0 Å². The summed E-state index contributed by atoms with van der Waals surface area (Å²) in [7, 11) is -4.28. The van der Waals surface area contributed by atoms with Crippen molar-refractivity contribution in [1.29, 1.82) is 0 Å². The lowest BCUT2D eigenvalue weighted by Crippen LogP contribution is -2.41. The second-order valence-electron chi connectivity index (χ2n) is 4.59. The number of ether oxygens (including phenoxy) is 2. The van der Waals surface area contributed by atoms with Crippen LogP contribution in [-0.4, -0.2) is 25.3 Å². The van der Waals surface area contributed by atoms with Gasteiger partial charge in [0.15, 0.2) is 0 Å². The van der Waals surface area contributed by atoms with Crippen molar-refractivity contribution < 1.29 is 22.4 Å². The molecule has 1 aromatic rings. The van der Waals surface area contributed by atoms with Crippen molar-refractivity contribution in [3.63, 3.8) is 0 Å². The Hall–Kier alpha value is -0.860. The molecule has 1 aromatic carbocycles. The summed E-state index contributed by atoms with van der Waals surface area (Å²) in [6.07, 6.45) is -0.598. The van der Waals surface area contributed by atoms with Crippen LogP contribution >= 0.6 is 11.6 Å². The number of hydrogen-bond donors (Lipinski definition) is 2. The minimum absolute atomic E-state index is 0.112. The predicted octanol–water partition coefficient (Wildman–Crippen LogP) is 1.92. The Morgan fingerprint density at radius 1 is 1.47 bits per heavy atom. The van der Waals surface area contributed by atoms with Gasteiger partial charge in [0.25, 0.3) is 0 Å². The maximum Gasteiger partial charge on any atom is 0.333 e. The summed E-state index contributed by atoms with van der Waals surface area (Å²) in [5.41, 5.74) is 0.628. The molecule has 0 saturated carbocycles. The van der Waals surface area contributed by atoms with Gasteiger partial charge in [-0.1, -0.05) is 23.7 Å². The van der Waals surface area contributed by atoms with Crippen molar-refractivity contribution in [2.75, 3.05) is 6.54 Å². The highest BCUT2D eigenvalue weighted by molar-refractivity contribution is 7.83. The zero-order chi connectivity index (χ0) is 14.3. The molecule has 0 radical (unpaired) electrons. The third-order valence-corrected chi connectivity index (χ3v) is 3.40. The number of nitrogens with one attached hydrogen (secondary N) is 1.